The zero-order valence-corrected chi connectivity index (χ0v) is 16.8. The van der Waals surface area contributed by atoms with Crippen LogP contribution in [0.4, 0.5) is 23.7 Å². The number of benzene rings is 1. The van der Waals surface area contributed by atoms with Crippen molar-refractivity contribution in [2.75, 3.05) is 18.4 Å². The third-order valence-electron chi connectivity index (χ3n) is 6.47. The highest BCUT2D eigenvalue weighted by Gasteiger charge is 2.51. The number of fused-ring (bicyclic) bond motifs is 1. The molecule has 1 aromatic carbocycles. The van der Waals surface area contributed by atoms with Gasteiger partial charge in [-0.3, -0.25) is 0 Å². The Morgan fingerprint density at radius 2 is 2.07 bits per heavy atom. The highest BCUT2D eigenvalue weighted by molar-refractivity contribution is 5.89. The summed E-state index contributed by atoms with van der Waals surface area (Å²) in [5.41, 5.74) is 0.978. The van der Waals surface area contributed by atoms with Crippen molar-refractivity contribution >= 4 is 11.7 Å². The number of halogens is 3. The van der Waals surface area contributed by atoms with Crippen LogP contribution in [0, 0.1) is 17.3 Å². The van der Waals surface area contributed by atoms with E-state index in [0.717, 1.165) is 37.3 Å². The van der Waals surface area contributed by atoms with Gasteiger partial charge in [0.15, 0.2) is 0 Å². The van der Waals surface area contributed by atoms with Crippen LogP contribution in [0.25, 0.3) is 0 Å². The Morgan fingerprint density at radius 1 is 1.32 bits per heavy atom. The summed E-state index contributed by atoms with van der Waals surface area (Å²) in [6.07, 6.45) is 1.87. The molecule has 0 spiro atoms. The van der Waals surface area contributed by atoms with Crippen LogP contribution < -0.4 is 5.32 Å². The Hall–Kier alpha value is -1.98. The molecule has 3 aliphatic carbocycles. The van der Waals surface area contributed by atoms with Gasteiger partial charge in [0, 0.05) is 18.8 Å². The van der Waals surface area contributed by atoms with E-state index in [9.17, 15) is 18.0 Å². The van der Waals surface area contributed by atoms with Crippen molar-refractivity contribution in [2.24, 2.45) is 17.3 Å². The number of carbonyl (C=O) groups excluding carboxylic acids is 1. The maximum absolute atomic E-state index is 12.9. The quantitative estimate of drug-likeness (QED) is 0.562. The van der Waals surface area contributed by atoms with Crippen LogP contribution in [-0.2, 0) is 6.18 Å². The van der Waals surface area contributed by atoms with E-state index in [2.05, 4.69) is 32.2 Å². The van der Waals surface area contributed by atoms with Gasteiger partial charge in [-0.25, -0.2) is 4.79 Å². The predicted molar refractivity (Wildman–Crippen MR) is 105 cm³/mol. The van der Waals surface area contributed by atoms with Gasteiger partial charge in [-0.15, -0.1) is 0 Å². The van der Waals surface area contributed by atoms with Crippen molar-refractivity contribution in [3.63, 3.8) is 0 Å². The van der Waals surface area contributed by atoms with Gasteiger partial charge in [0.1, 0.15) is 0 Å². The number of nitrogens with one attached hydrogen (secondary N) is 1. The average molecular weight is 394 g/mol. The van der Waals surface area contributed by atoms with Crippen molar-refractivity contribution in [2.45, 2.75) is 52.6 Å². The second-order valence-electron chi connectivity index (χ2n) is 8.61. The van der Waals surface area contributed by atoms with E-state index in [1.54, 1.807) is 4.90 Å². The molecule has 0 saturated heterocycles. The molecule has 0 heterocycles. The maximum atomic E-state index is 12.9. The number of rotatable bonds is 6. The summed E-state index contributed by atoms with van der Waals surface area (Å²) < 4.78 is 38.8. The zero-order chi connectivity index (χ0) is 20.5. The van der Waals surface area contributed by atoms with Crippen molar-refractivity contribution in [3.8, 4) is 0 Å². The van der Waals surface area contributed by atoms with E-state index >= 15 is 0 Å². The van der Waals surface area contributed by atoms with E-state index in [1.165, 1.54) is 24.1 Å². The summed E-state index contributed by atoms with van der Waals surface area (Å²) in [6, 6.07) is 4.45. The van der Waals surface area contributed by atoms with Gasteiger partial charge in [-0.2, -0.15) is 13.2 Å². The van der Waals surface area contributed by atoms with Crippen molar-refractivity contribution < 1.29 is 18.0 Å². The first-order chi connectivity index (χ1) is 13.1. The molecule has 2 amide bonds. The van der Waals surface area contributed by atoms with Gasteiger partial charge < -0.3 is 10.2 Å². The van der Waals surface area contributed by atoms with E-state index in [1.807, 2.05) is 0 Å². The fourth-order valence-corrected chi connectivity index (χ4v) is 4.45. The monoisotopic (exact) mass is 394 g/mol. The molecule has 28 heavy (non-hydrogen) atoms. The van der Waals surface area contributed by atoms with Gasteiger partial charge in [-0.1, -0.05) is 44.9 Å². The number of allylic oxidation sites excluding steroid dienone is 1. The minimum Gasteiger partial charge on any atom is -0.321 e. The Morgan fingerprint density at radius 3 is 2.68 bits per heavy atom. The molecular formula is C22H29F3N2O. The van der Waals surface area contributed by atoms with Crippen LogP contribution in [0.1, 0.15) is 52.0 Å². The fraction of sp³-hybridized carbons (Fsp3) is 0.591. The largest absolute Gasteiger partial charge is 0.416 e. The normalized spacial score (nSPS) is 22.9. The van der Waals surface area contributed by atoms with Crippen molar-refractivity contribution in [3.05, 3.63) is 41.5 Å². The highest BCUT2D eigenvalue weighted by Crippen LogP contribution is 2.59. The second-order valence-corrected chi connectivity index (χ2v) is 8.61. The topological polar surface area (TPSA) is 32.3 Å². The summed E-state index contributed by atoms with van der Waals surface area (Å²) in [6.45, 7) is 7.78. The molecule has 0 radical (unpaired) electrons. The van der Waals surface area contributed by atoms with E-state index < -0.39 is 11.7 Å². The third kappa shape index (κ3) is 4.20. The molecule has 6 heteroatoms. The number of hydrogen-bond acceptors (Lipinski definition) is 1. The molecule has 1 saturated carbocycles. The Kier molecular flexibility index (Phi) is 5.78. The zero-order valence-electron chi connectivity index (χ0n) is 16.8. The molecule has 0 aliphatic heterocycles. The lowest BCUT2D eigenvalue weighted by molar-refractivity contribution is -0.137. The number of nitrogens with zero attached hydrogens (tertiary/aromatic N) is 1. The maximum Gasteiger partial charge on any atom is 0.416 e. The number of unbranched alkanes of at least 4 members (excludes halogenated alkanes) is 1. The fourth-order valence-electron chi connectivity index (χ4n) is 4.45. The number of anilines is 1. The van der Waals surface area contributed by atoms with Gasteiger partial charge in [0.05, 0.1) is 5.56 Å². The number of urea groups is 1. The number of amides is 2. The Bertz CT molecular complexity index is 754. The van der Waals surface area contributed by atoms with Crippen molar-refractivity contribution in [1.29, 1.82) is 0 Å². The minimum absolute atomic E-state index is 0.169. The minimum atomic E-state index is -4.43. The Labute approximate surface area is 165 Å². The van der Waals surface area contributed by atoms with Gasteiger partial charge in [0.25, 0.3) is 0 Å². The first-order valence-corrected chi connectivity index (χ1v) is 10.0. The van der Waals surface area contributed by atoms with E-state index in [-0.39, 0.29) is 17.1 Å². The summed E-state index contributed by atoms with van der Waals surface area (Å²) in [7, 11) is 0. The summed E-state index contributed by atoms with van der Waals surface area (Å²) in [5, 5.41) is 2.66. The molecule has 154 valence electrons. The lowest BCUT2D eigenvalue weighted by Gasteiger charge is -2.57. The van der Waals surface area contributed by atoms with Crippen LogP contribution in [0.5, 0.6) is 0 Å². The van der Waals surface area contributed by atoms with Gasteiger partial charge in [0.2, 0.25) is 0 Å². The molecule has 1 aromatic rings. The number of alkyl halides is 3. The molecule has 2 unspecified atom stereocenters. The standard InChI is InChI=1S/C22H29F3N2O/c1-4-5-11-27(14-15-9-10-16-13-19(15)21(16,2)3)20(28)26-18-8-6-7-17(12-18)22(23,24)25/h6-9,12,16,19H,4-5,10-11,13-14H2,1-3H3,(H,26,28). The van der Waals surface area contributed by atoms with Crippen LogP contribution in [0.3, 0.4) is 0 Å². The second kappa shape index (κ2) is 7.80. The van der Waals surface area contributed by atoms with E-state index in [0.29, 0.717) is 19.0 Å². The molecule has 0 aromatic heterocycles. The summed E-state index contributed by atoms with van der Waals surface area (Å²) in [4.78, 5) is 14.6. The molecule has 2 bridgehead atoms. The summed E-state index contributed by atoms with van der Waals surface area (Å²) >= 11 is 0. The first kappa shape index (κ1) is 20.7. The smallest absolute Gasteiger partial charge is 0.321 e. The third-order valence-corrected chi connectivity index (χ3v) is 6.47. The van der Waals surface area contributed by atoms with Crippen LogP contribution in [-0.4, -0.2) is 24.0 Å². The lowest BCUT2D eigenvalue weighted by Crippen LogP contribution is -2.50. The molecular weight excluding hydrogens is 365 g/mol. The highest BCUT2D eigenvalue weighted by atomic mass is 19.4. The van der Waals surface area contributed by atoms with Crippen molar-refractivity contribution in [1.82, 2.24) is 4.90 Å². The molecule has 4 rings (SSSR count). The van der Waals surface area contributed by atoms with Crippen LogP contribution in [0.15, 0.2) is 35.9 Å². The molecule has 3 aliphatic rings. The predicted octanol–water partition coefficient (Wildman–Crippen LogP) is 6.33. The van der Waals surface area contributed by atoms with Gasteiger partial charge >= 0.3 is 12.2 Å². The van der Waals surface area contributed by atoms with E-state index in [4.69, 9.17) is 0 Å². The first-order valence-electron chi connectivity index (χ1n) is 10.0. The molecule has 1 N–H and O–H groups in total. The Balaban J connectivity index is 1.71. The number of carbonyl (C=O) groups is 1. The molecule has 3 nitrogen and oxygen atoms in total. The summed E-state index contributed by atoms with van der Waals surface area (Å²) in [5.74, 6) is 1.22. The average Bonchev–Trinajstić information content (AvgIpc) is 2.64. The van der Waals surface area contributed by atoms with Crippen LogP contribution >= 0.6 is 0 Å². The van der Waals surface area contributed by atoms with Crippen LogP contribution in [0.2, 0.25) is 0 Å². The molecule has 1 fully saturated rings. The van der Waals surface area contributed by atoms with Gasteiger partial charge in [-0.05, 0) is 54.7 Å². The molecule has 2 atom stereocenters. The lowest BCUT2D eigenvalue weighted by atomic mass is 9.49. The number of hydrogen-bond donors (Lipinski definition) is 1. The SMILES string of the molecule is CCCCN(CC1=CCC2CC1C2(C)C)C(=O)Nc1cccc(C(F)(F)F)c1.